The molecule has 0 aliphatic carbocycles. The Hall–Kier alpha value is -1.67. The number of hydrogen-bond donors (Lipinski definition) is 1. The molecule has 0 heterocycles. The Morgan fingerprint density at radius 1 is 1.10 bits per heavy atom. The number of hydrogen-bond acceptors (Lipinski definition) is 2. The molecular weight excluding hydrogens is 270 g/mol. The molecule has 2 nitrogen and oxygen atoms in total. The number of rotatable bonds is 5. The number of halogens is 1. The first kappa shape index (κ1) is 14.7. The summed E-state index contributed by atoms with van der Waals surface area (Å²) in [6.07, 6.45) is 0.195. The molecule has 0 saturated carbocycles. The molecular formula is C17H20ClNO. The molecule has 20 heavy (non-hydrogen) atoms. The number of nitrogens with one attached hydrogen (secondary N) is 1. The Labute approximate surface area is 125 Å². The second-order valence-corrected chi connectivity index (χ2v) is 5.55. The van der Waals surface area contributed by atoms with Crippen LogP contribution in [0, 0.1) is 6.92 Å². The summed E-state index contributed by atoms with van der Waals surface area (Å²) >= 11 is 6.22. The van der Waals surface area contributed by atoms with Crippen LogP contribution in [0.4, 0.5) is 5.69 Å². The molecule has 0 atom stereocenters. The largest absolute Gasteiger partial charge is 0.491 e. The lowest BCUT2D eigenvalue weighted by Crippen LogP contribution is -2.05. The van der Waals surface area contributed by atoms with Crippen LogP contribution in [0.3, 0.4) is 0 Å². The van der Waals surface area contributed by atoms with Gasteiger partial charge < -0.3 is 10.1 Å². The summed E-state index contributed by atoms with van der Waals surface area (Å²) in [6.45, 7) is 6.79. The highest BCUT2D eigenvalue weighted by atomic mass is 35.5. The molecule has 2 aromatic rings. The Morgan fingerprint density at radius 3 is 2.40 bits per heavy atom. The van der Waals surface area contributed by atoms with Crippen molar-refractivity contribution in [3.63, 3.8) is 0 Å². The lowest BCUT2D eigenvalue weighted by molar-refractivity contribution is 0.242. The monoisotopic (exact) mass is 289 g/mol. The summed E-state index contributed by atoms with van der Waals surface area (Å²) in [7, 11) is 0. The van der Waals surface area contributed by atoms with Gasteiger partial charge in [0.05, 0.1) is 6.10 Å². The minimum absolute atomic E-state index is 0.195. The molecule has 2 aromatic carbocycles. The summed E-state index contributed by atoms with van der Waals surface area (Å²) in [5.74, 6) is 0.888. The van der Waals surface area contributed by atoms with Gasteiger partial charge in [0.15, 0.2) is 0 Å². The Kier molecular flexibility index (Phi) is 4.91. The highest BCUT2D eigenvalue weighted by molar-refractivity contribution is 6.31. The van der Waals surface area contributed by atoms with Crippen LogP contribution in [0.5, 0.6) is 5.75 Å². The van der Waals surface area contributed by atoms with Crippen LogP contribution in [0.1, 0.15) is 25.0 Å². The predicted octanol–water partition coefficient (Wildman–Crippen LogP) is 5.05. The second-order valence-electron chi connectivity index (χ2n) is 5.14. The topological polar surface area (TPSA) is 21.3 Å². The van der Waals surface area contributed by atoms with Crippen molar-refractivity contribution in [2.24, 2.45) is 0 Å². The van der Waals surface area contributed by atoms with Gasteiger partial charge in [-0.15, -0.1) is 0 Å². The number of ether oxygens (including phenoxy) is 1. The maximum absolute atomic E-state index is 6.22. The van der Waals surface area contributed by atoms with E-state index in [1.807, 2.05) is 51.1 Å². The third-order valence-electron chi connectivity index (χ3n) is 2.92. The van der Waals surface area contributed by atoms with Crippen LogP contribution in [0.2, 0.25) is 5.02 Å². The van der Waals surface area contributed by atoms with Gasteiger partial charge in [0.25, 0.3) is 0 Å². The molecule has 0 unspecified atom stereocenters. The average molecular weight is 290 g/mol. The summed E-state index contributed by atoms with van der Waals surface area (Å²) < 4.78 is 5.62. The molecule has 2 rings (SSSR count). The summed E-state index contributed by atoms with van der Waals surface area (Å²) in [6, 6.07) is 14.1. The van der Waals surface area contributed by atoms with E-state index in [-0.39, 0.29) is 6.10 Å². The van der Waals surface area contributed by atoms with Gasteiger partial charge in [0, 0.05) is 17.3 Å². The van der Waals surface area contributed by atoms with Crippen molar-refractivity contribution < 1.29 is 4.74 Å². The van der Waals surface area contributed by atoms with Crippen molar-refractivity contribution in [2.45, 2.75) is 33.4 Å². The van der Waals surface area contributed by atoms with E-state index in [9.17, 15) is 0 Å². The van der Waals surface area contributed by atoms with E-state index in [1.54, 1.807) is 0 Å². The van der Waals surface area contributed by atoms with Gasteiger partial charge in [0.1, 0.15) is 5.75 Å². The quantitative estimate of drug-likeness (QED) is 0.832. The molecule has 0 aliphatic rings. The standard InChI is InChI=1S/C17H20ClNO/c1-12(2)20-16-8-6-15(7-9-16)19-11-14-5-4-13(3)10-17(14)18/h4-10,12,19H,11H2,1-3H3. The first-order valence-electron chi connectivity index (χ1n) is 6.80. The van der Waals surface area contributed by atoms with Crippen molar-refractivity contribution in [1.82, 2.24) is 0 Å². The summed E-state index contributed by atoms with van der Waals surface area (Å²) in [4.78, 5) is 0. The molecule has 0 fully saturated rings. The highest BCUT2D eigenvalue weighted by Crippen LogP contribution is 2.21. The first-order valence-corrected chi connectivity index (χ1v) is 7.18. The lowest BCUT2D eigenvalue weighted by atomic mass is 10.1. The van der Waals surface area contributed by atoms with Crippen molar-refractivity contribution in [3.8, 4) is 5.75 Å². The van der Waals surface area contributed by atoms with Crippen LogP contribution in [0.15, 0.2) is 42.5 Å². The third-order valence-corrected chi connectivity index (χ3v) is 3.27. The van der Waals surface area contributed by atoms with Gasteiger partial charge in [-0.05, 0) is 62.2 Å². The highest BCUT2D eigenvalue weighted by Gasteiger charge is 2.01. The minimum Gasteiger partial charge on any atom is -0.491 e. The van der Waals surface area contributed by atoms with Crippen LogP contribution >= 0.6 is 11.6 Å². The van der Waals surface area contributed by atoms with Crippen LogP contribution < -0.4 is 10.1 Å². The fourth-order valence-corrected chi connectivity index (χ4v) is 2.22. The zero-order valence-electron chi connectivity index (χ0n) is 12.1. The van der Waals surface area contributed by atoms with E-state index in [0.717, 1.165) is 22.0 Å². The predicted molar refractivity (Wildman–Crippen MR) is 85.7 cm³/mol. The molecule has 0 amide bonds. The smallest absolute Gasteiger partial charge is 0.119 e. The summed E-state index contributed by atoms with van der Waals surface area (Å²) in [5, 5.41) is 4.16. The van der Waals surface area contributed by atoms with E-state index >= 15 is 0 Å². The van der Waals surface area contributed by atoms with E-state index in [4.69, 9.17) is 16.3 Å². The van der Waals surface area contributed by atoms with E-state index in [1.165, 1.54) is 5.56 Å². The molecule has 0 aromatic heterocycles. The van der Waals surface area contributed by atoms with Crippen LogP contribution in [-0.2, 0) is 6.54 Å². The van der Waals surface area contributed by atoms with Gasteiger partial charge in [-0.2, -0.15) is 0 Å². The van der Waals surface area contributed by atoms with Gasteiger partial charge in [0.2, 0.25) is 0 Å². The Morgan fingerprint density at radius 2 is 1.80 bits per heavy atom. The summed E-state index contributed by atoms with van der Waals surface area (Å²) in [5.41, 5.74) is 3.33. The molecule has 0 radical (unpaired) electrons. The number of anilines is 1. The SMILES string of the molecule is Cc1ccc(CNc2ccc(OC(C)C)cc2)c(Cl)c1. The zero-order valence-corrected chi connectivity index (χ0v) is 12.9. The number of benzene rings is 2. The fourth-order valence-electron chi connectivity index (χ4n) is 1.92. The minimum atomic E-state index is 0.195. The molecule has 1 N–H and O–H groups in total. The van der Waals surface area contributed by atoms with Gasteiger partial charge in [-0.25, -0.2) is 0 Å². The Balaban J connectivity index is 1.96. The maximum Gasteiger partial charge on any atom is 0.119 e. The lowest BCUT2D eigenvalue weighted by Gasteiger charge is -2.12. The molecule has 106 valence electrons. The van der Waals surface area contributed by atoms with Crippen molar-refractivity contribution >= 4 is 17.3 Å². The third kappa shape index (κ3) is 4.17. The molecule has 0 saturated heterocycles. The van der Waals surface area contributed by atoms with Gasteiger partial charge >= 0.3 is 0 Å². The normalized spacial score (nSPS) is 10.7. The molecule has 0 spiro atoms. The average Bonchev–Trinajstić information content (AvgIpc) is 2.39. The zero-order chi connectivity index (χ0) is 14.5. The first-order chi connectivity index (χ1) is 9.54. The maximum atomic E-state index is 6.22. The van der Waals surface area contributed by atoms with E-state index in [2.05, 4.69) is 17.4 Å². The Bertz CT molecular complexity index is 564. The van der Waals surface area contributed by atoms with Crippen molar-refractivity contribution in [3.05, 3.63) is 58.6 Å². The van der Waals surface area contributed by atoms with Crippen molar-refractivity contribution in [1.29, 1.82) is 0 Å². The second kappa shape index (κ2) is 6.67. The molecule has 0 aliphatic heterocycles. The van der Waals surface area contributed by atoms with Crippen LogP contribution in [0.25, 0.3) is 0 Å². The van der Waals surface area contributed by atoms with Gasteiger partial charge in [-0.3, -0.25) is 0 Å². The number of aryl methyl sites for hydroxylation is 1. The molecule has 3 heteroatoms. The van der Waals surface area contributed by atoms with Gasteiger partial charge in [-0.1, -0.05) is 23.7 Å². The van der Waals surface area contributed by atoms with E-state index < -0.39 is 0 Å². The van der Waals surface area contributed by atoms with E-state index in [0.29, 0.717) is 6.54 Å². The van der Waals surface area contributed by atoms with Crippen molar-refractivity contribution in [2.75, 3.05) is 5.32 Å². The fraction of sp³-hybridized carbons (Fsp3) is 0.294. The van der Waals surface area contributed by atoms with Crippen LogP contribution in [-0.4, -0.2) is 6.10 Å². The molecule has 0 bridgehead atoms.